The number of aryl methyl sites for hydroxylation is 2. The van der Waals surface area contributed by atoms with Gasteiger partial charge in [0.15, 0.2) is 17.2 Å². The molecule has 0 spiro atoms. The maximum atomic E-state index is 12.8. The Labute approximate surface area is 239 Å². The van der Waals surface area contributed by atoms with Crippen LogP contribution in [0.2, 0.25) is 0 Å². The second kappa shape index (κ2) is 11.5. The van der Waals surface area contributed by atoms with E-state index in [1.165, 1.54) is 0 Å². The molecule has 0 bridgehead atoms. The highest BCUT2D eigenvalue weighted by Crippen LogP contribution is 2.32. The summed E-state index contributed by atoms with van der Waals surface area (Å²) in [6, 6.07) is 35.7. The van der Waals surface area contributed by atoms with Crippen LogP contribution in [0.5, 0.6) is 11.5 Å². The summed E-state index contributed by atoms with van der Waals surface area (Å²) >= 11 is 0. The molecular weight excluding hydrogens is 510 g/mol. The molecule has 0 aliphatic carbocycles. The Hall–Kier alpha value is -5.16. The number of fused-ring (bicyclic) bond motifs is 1. The van der Waals surface area contributed by atoms with E-state index in [0.717, 1.165) is 44.2 Å². The van der Waals surface area contributed by atoms with Crippen molar-refractivity contribution in [1.29, 1.82) is 0 Å². The highest BCUT2D eigenvalue weighted by Gasteiger charge is 2.25. The molecule has 0 saturated carbocycles. The van der Waals surface area contributed by atoms with Crippen molar-refractivity contribution in [2.75, 3.05) is 0 Å². The molecule has 5 aromatic carbocycles. The Morgan fingerprint density at radius 2 is 1.34 bits per heavy atom. The Morgan fingerprint density at radius 3 is 2.07 bits per heavy atom. The van der Waals surface area contributed by atoms with Gasteiger partial charge in [-0.3, -0.25) is 0 Å². The normalized spacial score (nSPS) is 13.8. The van der Waals surface area contributed by atoms with E-state index < -0.39 is 5.97 Å². The van der Waals surface area contributed by atoms with Gasteiger partial charge in [0.05, 0.1) is 0 Å². The quantitative estimate of drug-likeness (QED) is 0.148. The summed E-state index contributed by atoms with van der Waals surface area (Å²) < 4.78 is 18.1. The average molecular weight is 540 g/mol. The van der Waals surface area contributed by atoms with Crippen LogP contribution in [0, 0.1) is 13.8 Å². The van der Waals surface area contributed by atoms with Crippen molar-refractivity contribution < 1.29 is 19.0 Å². The molecule has 5 aromatic rings. The third kappa shape index (κ3) is 5.75. The lowest BCUT2D eigenvalue weighted by Crippen LogP contribution is -2.06. The van der Waals surface area contributed by atoms with Gasteiger partial charge < -0.3 is 14.2 Å². The Bertz CT molecular complexity index is 1810. The largest absolute Gasteiger partial charge is 0.485 e. The summed E-state index contributed by atoms with van der Waals surface area (Å²) in [5.41, 5.74) is 6.27. The van der Waals surface area contributed by atoms with Crippen molar-refractivity contribution in [1.82, 2.24) is 0 Å². The van der Waals surface area contributed by atoms with Crippen LogP contribution in [-0.2, 0) is 22.7 Å². The van der Waals surface area contributed by atoms with Crippen LogP contribution < -0.4 is 9.47 Å². The van der Waals surface area contributed by atoms with Crippen molar-refractivity contribution >= 4 is 28.7 Å². The minimum absolute atomic E-state index is 0.228. The number of ether oxygens (including phenoxy) is 3. The number of carbonyl (C=O) groups excluding carboxylic acids is 1. The van der Waals surface area contributed by atoms with Gasteiger partial charge in [0, 0.05) is 5.56 Å². The van der Waals surface area contributed by atoms with Gasteiger partial charge in [0.25, 0.3) is 0 Å². The van der Waals surface area contributed by atoms with Crippen molar-refractivity contribution in [2.24, 2.45) is 4.99 Å². The molecule has 0 amide bonds. The minimum Gasteiger partial charge on any atom is -0.485 e. The molecule has 1 aliphatic heterocycles. The molecule has 0 fully saturated rings. The van der Waals surface area contributed by atoms with E-state index in [-0.39, 0.29) is 5.70 Å². The van der Waals surface area contributed by atoms with Crippen LogP contribution in [0.1, 0.15) is 33.4 Å². The maximum Gasteiger partial charge on any atom is 0.363 e. The van der Waals surface area contributed by atoms with Gasteiger partial charge in [-0.2, -0.15) is 0 Å². The summed E-state index contributed by atoms with van der Waals surface area (Å²) in [5.74, 6) is 1.01. The third-order valence-corrected chi connectivity index (χ3v) is 7.20. The molecule has 5 heteroatoms. The van der Waals surface area contributed by atoms with Gasteiger partial charge in [0.2, 0.25) is 5.90 Å². The molecule has 202 valence electrons. The van der Waals surface area contributed by atoms with Gasteiger partial charge in [-0.05, 0) is 76.7 Å². The number of benzene rings is 5. The van der Waals surface area contributed by atoms with E-state index in [1.807, 2.05) is 91.0 Å². The highest BCUT2D eigenvalue weighted by molar-refractivity contribution is 6.17. The van der Waals surface area contributed by atoms with Crippen molar-refractivity contribution in [2.45, 2.75) is 27.1 Å². The van der Waals surface area contributed by atoms with Crippen LogP contribution in [0.15, 0.2) is 120 Å². The predicted molar refractivity (Wildman–Crippen MR) is 162 cm³/mol. The van der Waals surface area contributed by atoms with Crippen molar-refractivity contribution in [3.8, 4) is 11.5 Å². The Kier molecular flexibility index (Phi) is 7.33. The highest BCUT2D eigenvalue weighted by atomic mass is 16.6. The second-order valence-corrected chi connectivity index (χ2v) is 10.00. The fourth-order valence-corrected chi connectivity index (χ4v) is 4.80. The van der Waals surface area contributed by atoms with Gasteiger partial charge in [-0.25, -0.2) is 9.79 Å². The standard InChI is InChI=1S/C36H29NO4/c1-24-10-3-5-13-28(24)22-39-33-19-18-26(21-34(33)40-23-29-14-6-4-11-25(29)2)20-32-36(38)41-35(37-32)31-17-9-15-27-12-7-8-16-30(27)31/h3-21H,22-23H2,1-2H3. The molecule has 41 heavy (non-hydrogen) atoms. The molecule has 0 aromatic heterocycles. The summed E-state index contributed by atoms with van der Waals surface area (Å²) in [6.45, 7) is 4.93. The van der Waals surface area contributed by atoms with Crippen LogP contribution in [0.3, 0.4) is 0 Å². The van der Waals surface area contributed by atoms with E-state index in [2.05, 4.69) is 37.0 Å². The van der Waals surface area contributed by atoms with E-state index >= 15 is 0 Å². The topological polar surface area (TPSA) is 57.1 Å². The summed E-state index contributed by atoms with van der Waals surface area (Å²) in [5, 5.41) is 2.03. The monoisotopic (exact) mass is 539 g/mol. The summed E-state index contributed by atoms with van der Waals surface area (Å²) in [4.78, 5) is 17.4. The molecule has 0 N–H and O–H groups in total. The van der Waals surface area contributed by atoms with E-state index in [9.17, 15) is 4.79 Å². The first-order valence-electron chi connectivity index (χ1n) is 13.5. The molecule has 0 radical (unpaired) electrons. The van der Waals surface area contributed by atoms with Gasteiger partial charge >= 0.3 is 5.97 Å². The number of nitrogens with zero attached hydrogens (tertiary/aromatic N) is 1. The Morgan fingerprint density at radius 1 is 0.707 bits per heavy atom. The molecular formula is C36H29NO4. The first-order chi connectivity index (χ1) is 20.0. The molecule has 6 rings (SSSR count). The van der Waals surface area contributed by atoms with E-state index in [1.54, 1.807) is 6.08 Å². The lowest BCUT2D eigenvalue weighted by atomic mass is 10.0. The predicted octanol–water partition coefficient (Wildman–Crippen LogP) is 7.96. The fraction of sp³-hybridized carbons (Fsp3) is 0.111. The molecule has 0 unspecified atom stereocenters. The van der Waals surface area contributed by atoms with Crippen LogP contribution >= 0.6 is 0 Å². The number of hydrogen-bond donors (Lipinski definition) is 0. The molecule has 0 saturated heterocycles. The average Bonchev–Trinajstić information content (AvgIpc) is 3.36. The maximum absolute atomic E-state index is 12.8. The SMILES string of the molecule is Cc1ccccc1COc1ccc(C=C2N=C(c3cccc4ccccc34)OC2=O)cc1OCc1ccccc1C. The van der Waals surface area contributed by atoms with Crippen LogP contribution in [0.4, 0.5) is 0 Å². The molecule has 0 atom stereocenters. The third-order valence-electron chi connectivity index (χ3n) is 7.20. The number of rotatable bonds is 8. The fourth-order valence-electron chi connectivity index (χ4n) is 4.80. The first-order valence-corrected chi connectivity index (χ1v) is 13.5. The molecule has 1 aliphatic rings. The summed E-state index contributed by atoms with van der Waals surface area (Å²) in [7, 11) is 0. The number of esters is 1. The number of cyclic esters (lactones) is 1. The smallest absolute Gasteiger partial charge is 0.363 e. The minimum atomic E-state index is -0.491. The number of aliphatic imine (C=N–C) groups is 1. The van der Waals surface area contributed by atoms with E-state index in [0.29, 0.717) is 30.6 Å². The lowest BCUT2D eigenvalue weighted by molar-refractivity contribution is -0.129. The first kappa shape index (κ1) is 26.1. The zero-order valence-electron chi connectivity index (χ0n) is 23.0. The van der Waals surface area contributed by atoms with Crippen LogP contribution in [0.25, 0.3) is 16.8 Å². The second-order valence-electron chi connectivity index (χ2n) is 10.00. The number of carbonyl (C=O) groups is 1. The van der Waals surface area contributed by atoms with Crippen molar-refractivity contribution in [3.05, 3.63) is 148 Å². The lowest BCUT2D eigenvalue weighted by Gasteiger charge is -2.15. The van der Waals surface area contributed by atoms with Crippen LogP contribution in [-0.4, -0.2) is 11.9 Å². The Balaban J connectivity index is 1.31. The van der Waals surface area contributed by atoms with Gasteiger partial charge in [-0.1, -0.05) is 91.0 Å². The van der Waals surface area contributed by atoms with Gasteiger partial charge in [0.1, 0.15) is 13.2 Å². The van der Waals surface area contributed by atoms with Crippen molar-refractivity contribution in [3.63, 3.8) is 0 Å². The zero-order valence-corrected chi connectivity index (χ0v) is 23.0. The molecule has 5 nitrogen and oxygen atoms in total. The van der Waals surface area contributed by atoms with Gasteiger partial charge in [-0.15, -0.1) is 0 Å². The van der Waals surface area contributed by atoms with E-state index in [4.69, 9.17) is 14.2 Å². The molecule has 1 heterocycles. The number of hydrogen-bond acceptors (Lipinski definition) is 5. The summed E-state index contributed by atoms with van der Waals surface area (Å²) in [6.07, 6.45) is 1.71. The zero-order chi connectivity index (χ0) is 28.2.